The largest absolute Gasteiger partial charge is 0.353 e. The molecule has 1 amide bonds. The number of fused-ring (bicyclic) bond motifs is 1. The molecule has 3 aromatic heterocycles. The SMILES string of the molecule is Cn1cnc2cc(CNC(=O)C[C@H]3CCCN3c3ccnc(-n4ccnc4)n3)ccc21. The van der Waals surface area contributed by atoms with Gasteiger partial charge < -0.3 is 14.8 Å². The maximum absolute atomic E-state index is 12.7. The molecule has 9 heteroatoms. The van der Waals surface area contributed by atoms with E-state index in [9.17, 15) is 4.79 Å². The van der Waals surface area contributed by atoms with Gasteiger partial charge in [0.2, 0.25) is 11.9 Å². The molecule has 0 aliphatic carbocycles. The van der Waals surface area contributed by atoms with E-state index in [2.05, 4.69) is 30.2 Å². The monoisotopic (exact) mass is 416 g/mol. The molecule has 0 bridgehead atoms. The lowest BCUT2D eigenvalue weighted by Gasteiger charge is -2.25. The molecule has 0 saturated carbocycles. The Morgan fingerprint density at radius 1 is 1.19 bits per heavy atom. The number of aryl methyl sites for hydroxylation is 1. The van der Waals surface area contributed by atoms with Crippen LogP contribution in [0.2, 0.25) is 0 Å². The first-order valence-electron chi connectivity index (χ1n) is 10.4. The molecule has 1 aliphatic heterocycles. The average Bonchev–Trinajstić information content (AvgIpc) is 3.54. The molecule has 1 aromatic carbocycles. The zero-order valence-corrected chi connectivity index (χ0v) is 17.3. The van der Waals surface area contributed by atoms with Crippen molar-refractivity contribution in [2.45, 2.75) is 31.8 Å². The van der Waals surface area contributed by atoms with Crippen LogP contribution in [0.5, 0.6) is 0 Å². The molecule has 9 nitrogen and oxygen atoms in total. The number of benzene rings is 1. The Bertz CT molecular complexity index is 1200. The summed E-state index contributed by atoms with van der Waals surface area (Å²) in [5.74, 6) is 1.46. The normalized spacial score (nSPS) is 16.2. The molecular formula is C22H24N8O. The third kappa shape index (κ3) is 3.98. The van der Waals surface area contributed by atoms with Crippen LogP contribution in [0.1, 0.15) is 24.8 Å². The van der Waals surface area contributed by atoms with E-state index in [1.165, 1.54) is 0 Å². The van der Waals surface area contributed by atoms with Crippen molar-refractivity contribution in [3.05, 3.63) is 61.1 Å². The van der Waals surface area contributed by atoms with Crippen molar-refractivity contribution >= 4 is 22.8 Å². The number of amides is 1. The molecule has 1 atom stereocenters. The highest BCUT2D eigenvalue weighted by atomic mass is 16.1. The number of rotatable bonds is 6. The lowest BCUT2D eigenvalue weighted by atomic mass is 10.1. The van der Waals surface area contributed by atoms with Crippen molar-refractivity contribution < 1.29 is 4.79 Å². The molecular weight excluding hydrogens is 392 g/mol. The summed E-state index contributed by atoms with van der Waals surface area (Å²) in [5.41, 5.74) is 3.06. The molecule has 1 aliphatic rings. The molecule has 0 radical (unpaired) electrons. The molecule has 1 N–H and O–H groups in total. The number of carbonyl (C=O) groups excluding carboxylic acids is 1. The molecule has 4 heterocycles. The molecule has 31 heavy (non-hydrogen) atoms. The molecule has 0 spiro atoms. The molecule has 158 valence electrons. The van der Waals surface area contributed by atoms with Crippen LogP contribution in [0.4, 0.5) is 5.82 Å². The summed E-state index contributed by atoms with van der Waals surface area (Å²) in [4.78, 5) is 32.3. The van der Waals surface area contributed by atoms with Gasteiger partial charge in [-0.1, -0.05) is 6.07 Å². The summed E-state index contributed by atoms with van der Waals surface area (Å²) >= 11 is 0. The van der Waals surface area contributed by atoms with Gasteiger partial charge in [0.1, 0.15) is 12.1 Å². The van der Waals surface area contributed by atoms with Crippen molar-refractivity contribution in [1.29, 1.82) is 0 Å². The first-order valence-corrected chi connectivity index (χ1v) is 10.4. The van der Waals surface area contributed by atoms with Crippen molar-refractivity contribution in [1.82, 2.24) is 34.4 Å². The van der Waals surface area contributed by atoms with Gasteiger partial charge >= 0.3 is 0 Å². The van der Waals surface area contributed by atoms with Crippen molar-refractivity contribution in [2.75, 3.05) is 11.4 Å². The summed E-state index contributed by atoms with van der Waals surface area (Å²) in [6.45, 7) is 1.38. The second kappa shape index (κ2) is 8.17. The number of carbonyl (C=O) groups is 1. The Hall–Kier alpha value is -3.75. The average molecular weight is 416 g/mol. The number of imidazole rings is 2. The van der Waals surface area contributed by atoms with Crippen LogP contribution < -0.4 is 10.2 Å². The Labute approximate surface area is 179 Å². The van der Waals surface area contributed by atoms with Gasteiger partial charge in [0.25, 0.3) is 0 Å². The highest BCUT2D eigenvalue weighted by molar-refractivity contribution is 5.78. The van der Waals surface area contributed by atoms with Gasteiger partial charge in [0.15, 0.2) is 0 Å². The van der Waals surface area contributed by atoms with Crippen molar-refractivity contribution in [2.24, 2.45) is 7.05 Å². The number of anilines is 1. The van der Waals surface area contributed by atoms with E-state index >= 15 is 0 Å². The quantitative estimate of drug-likeness (QED) is 0.518. The van der Waals surface area contributed by atoms with E-state index in [-0.39, 0.29) is 11.9 Å². The fraction of sp³-hybridized carbons (Fsp3) is 0.318. The minimum absolute atomic E-state index is 0.0434. The number of hydrogen-bond donors (Lipinski definition) is 1. The van der Waals surface area contributed by atoms with E-state index in [0.717, 1.165) is 41.8 Å². The summed E-state index contributed by atoms with van der Waals surface area (Å²) in [6, 6.07) is 8.12. The maximum atomic E-state index is 12.7. The van der Waals surface area contributed by atoms with Gasteiger partial charge in [-0.05, 0) is 36.6 Å². The van der Waals surface area contributed by atoms with Gasteiger partial charge in [-0.15, -0.1) is 0 Å². The number of nitrogens with one attached hydrogen (secondary N) is 1. The Balaban J connectivity index is 1.23. The van der Waals surface area contributed by atoms with Crippen LogP contribution in [-0.4, -0.2) is 47.6 Å². The van der Waals surface area contributed by atoms with Crippen LogP contribution in [0.25, 0.3) is 17.0 Å². The standard InChI is InChI=1S/C22H24N8O/c1-28-15-26-18-11-16(4-5-19(18)28)13-25-21(31)12-17-3-2-9-30(17)20-6-7-24-22(27-20)29-10-8-23-14-29/h4-8,10-11,14-15,17H,2-3,9,12-13H2,1H3,(H,25,31)/t17-/m1/s1. The van der Waals surface area contributed by atoms with Crippen LogP contribution in [0.15, 0.2) is 55.5 Å². The summed E-state index contributed by atoms with van der Waals surface area (Å²) < 4.78 is 3.76. The van der Waals surface area contributed by atoms with Crippen molar-refractivity contribution in [3.63, 3.8) is 0 Å². The van der Waals surface area contributed by atoms with E-state index in [0.29, 0.717) is 18.9 Å². The van der Waals surface area contributed by atoms with Crippen LogP contribution in [0, 0.1) is 0 Å². The zero-order valence-electron chi connectivity index (χ0n) is 17.3. The molecule has 1 fully saturated rings. The van der Waals surface area contributed by atoms with E-state index in [1.807, 2.05) is 42.1 Å². The summed E-state index contributed by atoms with van der Waals surface area (Å²) in [7, 11) is 1.97. The van der Waals surface area contributed by atoms with E-state index in [1.54, 1.807) is 29.6 Å². The Kier molecular flexibility index (Phi) is 5.07. The number of hydrogen-bond acceptors (Lipinski definition) is 6. The third-order valence-corrected chi connectivity index (χ3v) is 5.74. The lowest BCUT2D eigenvalue weighted by Crippen LogP contribution is -2.35. The second-order valence-electron chi connectivity index (χ2n) is 7.83. The van der Waals surface area contributed by atoms with Crippen molar-refractivity contribution in [3.8, 4) is 5.95 Å². The smallest absolute Gasteiger partial charge is 0.236 e. The van der Waals surface area contributed by atoms with Crippen LogP contribution in [0.3, 0.4) is 0 Å². The molecule has 1 saturated heterocycles. The fourth-order valence-electron chi connectivity index (χ4n) is 4.13. The minimum atomic E-state index is 0.0434. The fourth-order valence-corrected chi connectivity index (χ4v) is 4.13. The van der Waals surface area contributed by atoms with E-state index in [4.69, 9.17) is 0 Å². The zero-order chi connectivity index (χ0) is 21.2. The molecule has 5 rings (SSSR count). The van der Waals surface area contributed by atoms with Gasteiger partial charge in [-0.25, -0.2) is 15.0 Å². The predicted octanol–water partition coefficient (Wildman–Crippen LogP) is 2.22. The highest BCUT2D eigenvalue weighted by Gasteiger charge is 2.28. The lowest BCUT2D eigenvalue weighted by molar-refractivity contribution is -0.121. The molecule has 4 aromatic rings. The highest BCUT2D eigenvalue weighted by Crippen LogP contribution is 2.26. The van der Waals surface area contributed by atoms with Gasteiger partial charge in [0, 0.05) is 51.2 Å². The molecule has 0 unspecified atom stereocenters. The summed E-state index contributed by atoms with van der Waals surface area (Å²) in [6.07, 6.45) is 11.2. The maximum Gasteiger partial charge on any atom is 0.236 e. The van der Waals surface area contributed by atoms with Crippen LogP contribution >= 0.6 is 0 Å². The van der Waals surface area contributed by atoms with Crippen LogP contribution in [-0.2, 0) is 18.4 Å². The minimum Gasteiger partial charge on any atom is -0.353 e. The first-order chi connectivity index (χ1) is 15.2. The third-order valence-electron chi connectivity index (χ3n) is 5.74. The van der Waals surface area contributed by atoms with Gasteiger partial charge in [-0.3, -0.25) is 9.36 Å². The van der Waals surface area contributed by atoms with Gasteiger partial charge in [0.05, 0.1) is 17.4 Å². The Morgan fingerprint density at radius 2 is 2.13 bits per heavy atom. The Morgan fingerprint density at radius 3 is 3.00 bits per heavy atom. The first kappa shape index (κ1) is 19.2. The predicted molar refractivity (Wildman–Crippen MR) is 117 cm³/mol. The number of aromatic nitrogens is 6. The topological polar surface area (TPSA) is 93.8 Å². The van der Waals surface area contributed by atoms with Gasteiger partial charge in [-0.2, -0.15) is 4.98 Å². The summed E-state index contributed by atoms with van der Waals surface area (Å²) in [5, 5.41) is 3.06. The van der Waals surface area contributed by atoms with E-state index < -0.39 is 0 Å². The second-order valence-corrected chi connectivity index (χ2v) is 7.83. The number of nitrogens with zero attached hydrogens (tertiary/aromatic N) is 7.